The van der Waals surface area contributed by atoms with Crippen molar-refractivity contribution in [3.8, 4) is 11.5 Å². The number of ether oxygens (including phenoxy) is 2. The van der Waals surface area contributed by atoms with Crippen molar-refractivity contribution in [2.75, 3.05) is 13.2 Å². The van der Waals surface area contributed by atoms with E-state index in [1.165, 1.54) is 12.1 Å². The Morgan fingerprint density at radius 3 is 2.65 bits per heavy atom. The maximum absolute atomic E-state index is 12.5. The second-order valence-corrected chi connectivity index (χ2v) is 6.90. The number of sulfonamides is 1. The summed E-state index contributed by atoms with van der Waals surface area (Å²) in [6.07, 6.45) is 0.753. The Morgan fingerprint density at radius 2 is 1.96 bits per heavy atom. The van der Waals surface area contributed by atoms with Gasteiger partial charge in [0.2, 0.25) is 15.9 Å². The van der Waals surface area contributed by atoms with Gasteiger partial charge in [-0.05, 0) is 26.0 Å². The summed E-state index contributed by atoms with van der Waals surface area (Å²) in [5.74, 6) is 1.62. The highest BCUT2D eigenvalue weighted by Gasteiger charge is 2.23. The van der Waals surface area contributed by atoms with Crippen LogP contribution >= 0.6 is 0 Å². The van der Waals surface area contributed by atoms with Gasteiger partial charge in [-0.3, -0.25) is 0 Å². The van der Waals surface area contributed by atoms with E-state index < -0.39 is 16.1 Å². The summed E-state index contributed by atoms with van der Waals surface area (Å²) in [7, 11) is -3.76. The van der Waals surface area contributed by atoms with E-state index in [2.05, 4.69) is 14.9 Å². The number of hydrogen-bond donors (Lipinski definition) is 1. The van der Waals surface area contributed by atoms with Crippen LogP contribution in [0.15, 0.2) is 27.6 Å². The van der Waals surface area contributed by atoms with Crippen LogP contribution in [0.2, 0.25) is 0 Å². The number of rotatable bonds is 4. The van der Waals surface area contributed by atoms with Crippen molar-refractivity contribution >= 4 is 10.0 Å². The average molecular weight is 339 g/mol. The van der Waals surface area contributed by atoms with Crippen LogP contribution in [0.3, 0.4) is 0 Å². The third kappa shape index (κ3) is 3.45. The summed E-state index contributed by atoms with van der Waals surface area (Å²) in [4.78, 5) is 4.11. The largest absolute Gasteiger partial charge is 0.490 e. The monoisotopic (exact) mass is 339 g/mol. The van der Waals surface area contributed by atoms with Gasteiger partial charge in [-0.15, -0.1) is 0 Å². The summed E-state index contributed by atoms with van der Waals surface area (Å²) in [5, 5.41) is 3.65. The van der Waals surface area contributed by atoms with Gasteiger partial charge in [-0.2, -0.15) is 9.71 Å². The van der Waals surface area contributed by atoms with Gasteiger partial charge in [0, 0.05) is 12.5 Å². The summed E-state index contributed by atoms with van der Waals surface area (Å²) in [5.41, 5.74) is 0. The number of nitrogens with one attached hydrogen (secondary N) is 1. The molecule has 0 aliphatic carbocycles. The molecule has 0 saturated heterocycles. The first-order chi connectivity index (χ1) is 11.0. The van der Waals surface area contributed by atoms with Crippen LogP contribution in [0.25, 0.3) is 0 Å². The second-order valence-electron chi connectivity index (χ2n) is 5.18. The van der Waals surface area contributed by atoms with Gasteiger partial charge >= 0.3 is 0 Å². The first-order valence-electron chi connectivity index (χ1n) is 7.18. The molecular weight excluding hydrogens is 322 g/mol. The fraction of sp³-hybridized carbons (Fsp3) is 0.429. The van der Waals surface area contributed by atoms with Crippen molar-refractivity contribution < 1.29 is 22.4 Å². The molecule has 1 aromatic carbocycles. The van der Waals surface area contributed by atoms with E-state index in [0.717, 1.165) is 6.42 Å². The number of fused-ring (bicyclic) bond motifs is 1. The van der Waals surface area contributed by atoms with Crippen molar-refractivity contribution in [3.63, 3.8) is 0 Å². The highest BCUT2D eigenvalue weighted by molar-refractivity contribution is 7.89. The lowest BCUT2D eigenvalue weighted by atomic mass is 10.3. The topological polar surface area (TPSA) is 104 Å². The highest BCUT2D eigenvalue weighted by Crippen LogP contribution is 2.32. The molecule has 0 radical (unpaired) electrons. The van der Waals surface area contributed by atoms with Gasteiger partial charge in [0.15, 0.2) is 17.3 Å². The Kier molecular flexibility index (Phi) is 4.22. The maximum atomic E-state index is 12.5. The molecule has 1 aromatic heterocycles. The van der Waals surface area contributed by atoms with Crippen LogP contribution in [-0.2, 0) is 10.0 Å². The van der Waals surface area contributed by atoms with Gasteiger partial charge in [-0.1, -0.05) is 5.16 Å². The van der Waals surface area contributed by atoms with Crippen molar-refractivity contribution in [3.05, 3.63) is 29.9 Å². The molecule has 1 N–H and O–H groups in total. The molecule has 3 rings (SSSR count). The molecule has 0 saturated carbocycles. The number of aromatic nitrogens is 2. The number of benzene rings is 1. The Hall–Kier alpha value is -2.13. The summed E-state index contributed by atoms with van der Waals surface area (Å²) in [6, 6.07) is 3.88. The number of nitrogens with zero attached hydrogens (tertiary/aromatic N) is 2. The zero-order valence-electron chi connectivity index (χ0n) is 12.8. The molecule has 1 aliphatic heterocycles. The van der Waals surface area contributed by atoms with Crippen LogP contribution < -0.4 is 14.2 Å². The van der Waals surface area contributed by atoms with Gasteiger partial charge in [0.1, 0.15) is 0 Å². The van der Waals surface area contributed by atoms with E-state index in [9.17, 15) is 8.42 Å². The lowest BCUT2D eigenvalue weighted by molar-refractivity contribution is 0.297. The molecule has 0 bridgehead atoms. The molecule has 124 valence electrons. The first-order valence-corrected chi connectivity index (χ1v) is 8.66. The predicted octanol–water partition coefficient (Wildman–Crippen LogP) is 1.58. The van der Waals surface area contributed by atoms with Gasteiger partial charge in [0.05, 0.1) is 24.2 Å². The van der Waals surface area contributed by atoms with Crippen LogP contribution in [0, 0.1) is 6.92 Å². The molecule has 0 spiro atoms. The molecule has 0 amide bonds. The highest BCUT2D eigenvalue weighted by atomic mass is 32.2. The Balaban J connectivity index is 1.83. The SMILES string of the molecule is Cc1noc([C@H](C)NS(=O)(=O)c2ccc3c(c2)OCCCO3)n1. The lowest BCUT2D eigenvalue weighted by Crippen LogP contribution is -2.27. The van der Waals surface area contributed by atoms with Crippen molar-refractivity contribution in [2.24, 2.45) is 0 Å². The van der Waals surface area contributed by atoms with E-state index >= 15 is 0 Å². The maximum Gasteiger partial charge on any atom is 0.244 e. The molecule has 2 heterocycles. The summed E-state index contributed by atoms with van der Waals surface area (Å²) < 4.78 is 43.5. The molecule has 9 heteroatoms. The van der Waals surface area contributed by atoms with Crippen molar-refractivity contribution in [2.45, 2.75) is 31.2 Å². The van der Waals surface area contributed by atoms with E-state index in [0.29, 0.717) is 30.5 Å². The average Bonchev–Trinajstić information content (AvgIpc) is 2.81. The smallest absolute Gasteiger partial charge is 0.244 e. The van der Waals surface area contributed by atoms with Crippen molar-refractivity contribution in [1.29, 1.82) is 0 Å². The van der Waals surface area contributed by atoms with Crippen LogP contribution in [0.4, 0.5) is 0 Å². The van der Waals surface area contributed by atoms with Gasteiger partial charge in [-0.25, -0.2) is 8.42 Å². The molecule has 23 heavy (non-hydrogen) atoms. The zero-order chi connectivity index (χ0) is 16.4. The molecule has 0 fully saturated rings. The van der Waals surface area contributed by atoms with Gasteiger partial charge in [0.25, 0.3) is 0 Å². The molecule has 2 aromatic rings. The normalized spacial score (nSPS) is 15.9. The number of aryl methyl sites for hydroxylation is 1. The minimum atomic E-state index is -3.76. The first kappa shape index (κ1) is 15.8. The predicted molar refractivity (Wildman–Crippen MR) is 79.8 cm³/mol. The third-order valence-electron chi connectivity index (χ3n) is 3.27. The third-order valence-corrected chi connectivity index (χ3v) is 4.81. The van der Waals surface area contributed by atoms with E-state index in [-0.39, 0.29) is 10.8 Å². The Morgan fingerprint density at radius 1 is 1.22 bits per heavy atom. The summed E-state index contributed by atoms with van der Waals surface area (Å²) >= 11 is 0. The molecular formula is C14H17N3O5S. The molecule has 1 atom stereocenters. The van der Waals surface area contributed by atoms with E-state index in [1.54, 1.807) is 19.9 Å². The minimum absolute atomic E-state index is 0.0878. The fourth-order valence-corrected chi connectivity index (χ4v) is 3.36. The Labute approximate surface area is 133 Å². The van der Waals surface area contributed by atoms with Crippen LogP contribution in [0.5, 0.6) is 11.5 Å². The zero-order valence-corrected chi connectivity index (χ0v) is 13.6. The molecule has 8 nitrogen and oxygen atoms in total. The number of hydrogen-bond acceptors (Lipinski definition) is 7. The minimum Gasteiger partial charge on any atom is -0.490 e. The standard InChI is InChI=1S/C14H17N3O5S/c1-9(14-15-10(2)16-22-14)17-23(18,19)11-4-5-12-13(8-11)21-7-3-6-20-12/h4-5,8-9,17H,3,6-7H2,1-2H3/t9-/m0/s1. The quantitative estimate of drug-likeness (QED) is 0.902. The fourth-order valence-electron chi connectivity index (χ4n) is 2.15. The van der Waals surface area contributed by atoms with E-state index in [4.69, 9.17) is 14.0 Å². The van der Waals surface area contributed by atoms with E-state index in [1.807, 2.05) is 0 Å². The summed E-state index contributed by atoms with van der Waals surface area (Å²) in [6.45, 7) is 4.33. The lowest BCUT2D eigenvalue weighted by Gasteiger charge is -2.13. The van der Waals surface area contributed by atoms with Crippen LogP contribution in [-0.4, -0.2) is 31.8 Å². The molecule has 0 unspecified atom stereocenters. The van der Waals surface area contributed by atoms with Crippen molar-refractivity contribution in [1.82, 2.24) is 14.9 Å². The van der Waals surface area contributed by atoms with Gasteiger partial charge < -0.3 is 14.0 Å². The second kappa shape index (κ2) is 6.17. The van der Waals surface area contributed by atoms with Crippen LogP contribution in [0.1, 0.15) is 31.1 Å². The molecule has 1 aliphatic rings. The Bertz CT molecular complexity index is 802.